The standard InChI is InChI=1S/C19H33N9O9/c20-8(6-13(22)30)15(33)26-9(3-4-12(21)29)16(34)28-11(7-14(31)32)17(35)27-10(18(36)37)2-1-5-25-19(23)24/h8-11H,1-7,20H2,(H2,21,29)(H2,22,30)(H,26,33)(H,27,35)(H,28,34)(H,31,32)(H,36,37)(H4,23,24,25). The van der Waals surface area contributed by atoms with Crippen LogP contribution in [0, 0.1) is 0 Å². The molecule has 5 amide bonds. The molecular weight excluding hydrogens is 498 g/mol. The van der Waals surface area contributed by atoms with Crippen LogP contribution in [0.5, 0.6) is 0 Å². The third-order valence-corrected chi connectivity index (χ3v) is 4.64. The second kappa shape index (κ2) is 16.2. The van der Waals surface area contributed by atoms with Crippen molar-refractivity contribution in [1.29, 1.82) is 0 Å². The lowest BCUT2D eigenvalue weighted by Gasteiger charge is -2.24. The van der Waals surface area contributed by atoms with Gasteiger partial charge in [-0.05, 0) is 19.3 Å². The molecule has 18 nitrogen and oxygen atoms in total. The zero-order valence-corrected chi connectivity index (χ0v) is 19.8. The maximum absolute atomic E-state index is 12.8. The van der Waals surface area contributed by atoms with Crippen molar-refractivity contribution in [3.05, 3.63) is 0 Å². The molecule has 0 heterocycles. The maximum Gasteiger partial charge on any atom is 0.326 e. The van der Waals surface area contributed by atoms with Gasteiger partial charge in [0, 0.05) is 13.0 Å². The Bertz CT molecular complexity index is 905. The smallest absolute Gasteiger partial charge is 0.326 e. The van der Waals surface area contributed by atoms with Gasteiger partial charge in [-0.15, -0.1) is 0 Å². The average molecular weight is 532 g/mol. The number of nitrogens with zero attached hydrogens (tertiary/aromatic N) is 1. The molecule has 0 aromatic rings. The van der Waals surface area contributed by atoms with Crippen molar-refractivity contribution in [3.63, 3.8) is 0 Å². The van der Waals surface area contributed by atoms with Crippen LogP contribution in [0.15, 0.2) is 4.99 Å². The molecule has 18 heteroatoms. The molecule has 0 aromatic heterocycles. The number of primary amides is 2. The highest BCUT2D eigenvalue weighted by molar-refractivity contribution is 5.96. The lowest BCUT2D eigenvalue weighted by Crippen LogP contribution is -2.57. The van der Waals surface area contributed by atoms with E-state index in [1.807, 2.05) is 0 Å². The predicted octanol–water partition coefficient (Wildman–Crippen LogP) is -5.48. The van der Waals surface area contributed by atoms with Crippen molar-refractivity contribution in [2.45, 2.75) is 62.7 Å². The van der Waals surface area contributed by atoms with Gasteiger partial charge in [-0.1, -0.05) is 0 Å². The van der Waals surface area contributed by atoms with E-state index in [-0.39, 0.29) is 31.8 Å². The van der Waals surface area contributed by atoms with E-state index in [9.17, 15) is 38.7 Å². The number of carbonyl (C=O) groups excluding carboxylic acids is 5. The highest BCUT2D eigenvalue weighted by atomic mass is 16.4. The molecule has 0 radical (unpaired) electrons. The zero-order valence-electron chi connectivity index (χ0n) is 19.8. The highest BCUT2D eigenvalue weighted by Crippen LogP contribution is 2.04. The van der Waals surface area contributed by atoms with Gasteiger partial charge in [0.25, 0.3) is 0 Å². The minimum atomic E-state index is -1.77. The largest absolute Gasteiger partial charge is 0.481 e. The third-order valence-electron chi connectivity index (χ3n) is 4.64. The first-order valence-electron chi connectivity index (χ1n) is 10.9. The fourth-order valence-electron chi connectivity index (χ4n) is 2.83. The maximum atomic E-state index is 12.8. The summed E-state index contributed by atoms with van der Waals surface area (Å²) in [7, 11) is 0. The van der Waals surface area contributed by atoms with E-state index in [0.29, 0.717) is 0 Å². The van der Waals surface area contributed by atoms with Crippen molar-refractivity contribution < 1.29 is 43.8 Å². The summed E-state index contributed by atoms with van der Waals surface area (Å²) in [5.74, 6) is -8.13. The van der Waals surface area contributed by atoms with Gasteiger partial charge in [0.15, 0.2) is 5.96 Å². The summed E-state index contributed by atoms with van der Waals surface area (Å²) < 4.78 is 0. The monoisotopic (exact) mass is 531 g/mol. The van der Waals surface area contributed by atoms with Crippen LogP contribution in [0.1, 0.15) is 38.5 Å². The minimum absolute atomic E-state index is 0.0659. The fraction of sp³-hybridized carbons (Fsp3) is 0.579. The fourth-order valence-corrected chi connectivity index (χ4v) is 2.83. The number of hydrogen-bond donors (Lipinski definition) is 10. The lowest BCUT2D eigenvalue weighted by molar-refractivity contribution is -0.143. The summed E-state index contributed by atoms with van der Waals surface area (Å²) >= 11 is 0. The number of guanidine groups is 1. The van der Waals surface area contributed by atoms with Crippen molar-refractivity contribution in [2.24, 2.45) is 33.7 Å². The molecule has 0 aliphatic heterocycles. The molecule has 0 aliphatic carbocycles. The topological polar surface area (TPSA) is 338 Å². The van der Waals surface area contributed by atoms with Crippen LogP contribution in [0.2, 0.25) is 0 Å². The SMILES string of the molecule is NC(=O)CCC(NC(=O)C(N)CC(N)=O)C(=O)NC(CC(=O)O)C(=O)NC(CCCN=C(N)N)C(=O)O. The van der Waals surface area contributed by atoms with E-state index in [1.54, 1.807) is 0 Å². The van der Waals surface area contributed by atoms with E-state index in [4.69, 9.17) is 33.8 Å². The molecule has 15 N–H and O–H groups in total. The van der Waals surface area contributed by atoms with Gasteiger partial charge in [0.05, 0.1) is 18.9 Å². The quantitative estimate of drug-likeness (QED) is 0.0449. The Labute approximate surface area is 210 Å². The molecule has 0 rings (SSSR count). The Balaban J connectivity index is 5.56. The van der Waals surface area contributed by atoms with Crippen LogP contribution < -0.4 is 44.6 Å². The number of nitrogens with two attached hydrogens (primary N) is 5. The van der Waals surface area contributed by atoms with Gasteiger partial charge >= 0.3 is 11.9 Å². The predicted molar refractivity (Wildman–Crippen MR) is 126 cm³/mol. The van der Waals surface area contributed by atoms with Gasteiger partial charge in [-0.2, -0.15) is 0 Å². The second-order valence-corrected chi connectivity index (χ2v) is 7.85. The minimum Gasteiger partial charge on any atom is -0.481 e. The van der Waals surface area contributed by atoms with Crippen molar-refractivity contribution >= 4 is 47.4 Å². The van der Waals surface area contributed by atoms with Gasteiger partial charge in [-0.25, -0.2) is 4.79 Å². The van der Waals surface area contributed by atoms with Gasteiger partial charge in [-0.3, -0.25) is 33.8 Å². The Morgan fingerprint density at radius 2 is 1.24 bits per heavy atom. The molecule has 0 spiro atoms. The molecule has 0 bridgehead atoms. The van der Waals surface area contributed by atoms with Crippen molar-refractivity contribution in [3.8, 4) is 0 Å². The molecule has 4 unspecified atom stereocenters. The van der Waals surface area contributed by atoms with Gasteiger partial charge in [0.2, 0.25) is 29.5 Å². The molecule has 0 fully saturated rings. The van der Waals surface area contributed by atoms with Crippen LogP contribution in [0.4, 0.5) is 0 Å². The molecule has 0 aromatic carbocycles. The first kappa shape index (κ1) is 32.5. The van der Waals surface area contributed by atoms with Crippen LogP contribution in [0.3, 0.4) is 0 Å². The van der Waals surface area contributed by atoms with Crippen molar-refractivity contribution in [2.75, 3.05) is 6.54 Å². The van der Waals surface area contributed by atoms with E-state index >= 15 is 0 Å². The summed E-state index contributed by atoms with van der Waals surface area (Å²) in [5.41, 5.74) is 25.9. The third kappa shape index (κ3) is 14.5. The molecular formula is C19H33N9O9. The van der Waals surface area contributed by atoms with Crippen molar-refractivity contribution in [1.82, 2.24) is 16.0 Å². The van der Waals surface area contributed by atoms with Crippen LogP contribution in [-0.4, -0.2) is 88.4 Å². The number of carbonyl (C=O) groups is 7. The number of aliphatic carboxylic acids is 2. The first-order chi connectivity index (χ1) is 17.1. The zero-order chi connectivity index (χ0) is 28.7. The molecule has 0 saturated carbocycles. The number of carboxylic acids is 2. The number of amides is 5. The number of aliphatic imine (C=N–C) groups is 1. The Kier molecular flexibility index (Phi) is 14.3. The normalized spacial score (nSPS) is 13.6. The number of hydrogen-bond acceptors (Lipinski definition) is 9. The van der Waals surface area contributed by atoms with E-state index in [1.165, 1.54) is 0 Å². The molecule has 4 atom stereocenters. The Hall–Kier alpha value is -4.48. The van der Waals surface area contributed by atoms with E-state index in [0.717, 1.165) is 0 Å². The summed E-state index contributed by atoms with van der Waals surface area (Å²) in [6.45, 7) is 0.0659. The molecule has 37 heavy (non-hydrogen) atoms. The molecule has 0 aliphatic rings. The average Bonchev–Trinajstić information content (AvgIpc) is 2.76. The van der Waals surface area contributed by atoms with Crippen LogP contribution in [0.25, 0.3) is 0 Å². The van der Waals surface area contributed by atoms with E-state index < -0.39 is 84.9 Å². The molecule has 208 valence electrons. The number of carboxylic acid groups (broad SMARTS) is 2. The Morgan fingerprint density at radius 1 is 0.703 bits per heavy atom. The lowest BCUT2D eigenvalue weighted by atomic mass is 10.1. The summed E-state index contributed by atoms with van der Waals surface area (Å²) in [4.78, 5) is 86.3. The van der Waals surface area contributed by atoms with Gasteiger partial charge < -0.3 is 54.8 Å². The number of rotatable bonds is 18. The second-order valence-electron chi connectivity index (χ2n) is 7.85. The Morgan fingerprint density at radius 3 is 1.73 bits per heavy atom. The highest BCUT2D eigenvalue weighted by Gasteiger charge is 2.31. The van der Waals surface area contributed by atoms with E-state index in [2.05, 4.69) is 20.9 Å². The first-order valence-corrected chi connectivity index (χ1v) is 10.9. The summed E-state index contributed by atoms with van der Waals surface area (Å²) in [6, 6.07) is -6.18. The number of nitrogens with one attached hydrogen (secondary N) is 3. The summed E-state index contributed by atoms with van der Waals surface area (Å²) in [6.07, 6.45) is -2.23. The van der Waals surface area contributed by atoms with Crippen LogP contribution >= 0.6 is 0 Å². The van der Waals surface area contributed by atoms with Crippen LogP contribution in [-0.2, 0) is 33.6 Å². The van der Waals surface area contributed by atoms with Gasteiger partial charge in [0.1, 0.15) is 18.1 Å². The molecule has 0 saturated heterocycles. The summed E-state index contributed by atoms with van der Waals surface area (Å²) in [5, 5.41) is 24.9.